The lowest BCUT2D eigenvalue weighted by atomic mass is 10.00. The number of hydrogen-bond acceptors (Lipinski definition) is 5. The van der Waals surface area contributed by atoms with E-state index in [1.165, 1.54) is 0 Å². The van der Waals surface area contributed by atoms with Crippen molar-refractivity contribution in [3.63, 3.8) is 0 Å². The molecular weight excluding hydrogens is 359 g/mol. The van der Waals surface area contributed by atoms with E-state index in [9.17, 15) is 0 Å². The van der Waals surface area contributed by atoms with Gasteiger partial charge in [0.25, 0.3) is 0 Å². The van der Waals surface area contributed by atoms with Gasteiger partial charge in [0, 0.05) is 42.5 Å². The zero-order chi connectivity index (χ0) is 18.8. The Morgan fingerprint density at radius 3 is 3.04 bits per heavy atom. The van der Waals surface area contributed by atoms with Crippen molar-refractivity contribution < 1.29 is 4.65 Å². The summed E-state index contributed by atoms with van der Waals surface area (Å²) < 4.78 is 7.18. The molecule has 0 bridgehead atoms. The Balaban J connectivity index is 1.70. The summed E-state index contributed by atoms with van der Waals surface area (Å²) in [4.78, 5) is 7.13. The molecule has 0 spiro atoms. The first kappa shape index (κ1) is 18.3. The van der Waals surface area contributed by atoms with Crippen LogP contribution in [0.15, 0.2) is 36.5 Å². The summed E-state index contributed by atoms with van der Waals surface area (Å²) in [5, 5.41) is 8.89. The topological polar surface area (TPSA) is 54.7 Å². The van der Waals surface area contributed by atoms with Gasteiger partial charge in [-0.3, -0.25) is 0 Å². The first-order valence-electron chi connectivity index (χ1n) is 9.24. The van der Waals surface area contributed by atoms with Crippen LogP contribution in [0.25, 0.3) is 16.9 Å². The van der Waals surface area contributed by atoms with Crippen LogP contribution in [0.4, 0.5) is 5.82 Å². The summed E-state index contributed by atoms with van der Waals surface area (Å²) >= 11 is 6.42. The number of piperidine rings is 1. The van der Waals surface area contributed by atoms with Crippen molar-refractivity contribution in [3.8, 4) is 11.3 Å². The van der Waals surface area contributed by atoms with Crippen LogP contribution >= 0.6 is 11.6 Å². The van der Waals surface area contributed by atoms with E-state index in [-0.39, 0.29) is 0 Å². The number of nitrogens with one attached hydrogen (secondary N) is 1. The molecule has 1 N–H and O–H groups in total. The molecule has 1 aliphatic rings. The average Bonchev–Trinajstić information content (AvgIpc) is 3.04. The fourth-order valence-electron chi connectivity index (χ4n) is 3.66. The molecule has 2 aromatic heterocycles. The third kappa shape index (κ3) is 3.83. The average molecular weight is 381 g/mol. The normalized spacial score (nSPS) is 17.9. The summed E-state index contributed by atoms with van der Waals surface area (Å²) in [5.41, 5.74) is 3.66. The third-order valence-corrected chi connectivity index (χ3v) is 5.30. The van der Waals surface area contributed by atoms with Gasteiger partial charge in [0.15, 0.2) is 5.65 Å². The lowest BCUT2D eigenvalue weighted by Gasteiger charge is -2.32. The van der Waals surface area contributed by atoms with Gasteiger partial charge in [0.05, 0.1) is 5.69 Å². The van der Waals surface area contributed by atoms with Gasteiger partial charge in [-0.1, -0.05) is 29.8 Å². The summed E-state index contributed by atoms with van der Waals surface area (Å²) in [6.07, 6.45) is 4.11. The molecule has 9 heteroatoms. The summed E-state index contributed by atoms with van der Waals surface area (Å²) in [6.45, 7) is 2.02. The maximum atomic E-state index is 6.42. The predicted octanol–water partition coefficient (Wildman–Crippen LogP) is 1.10. The van der Waals surface area contributed by atoms with Crippen molar-refractivity contribution in [1.82, 2.24) is 19.4 Å². The number of nitrogens with zero attached hydrogens (tertiary/aromatic N) is 4. The number of aromatic nitrogens is 3. The molecule has 1 fully saturated rings. The Morgan fingerprint density at radius 2 is 2.22 bits per heavy atom. The molecule has 138 valence electrons. The Bertz CT molecular complexity index is 949. The van der Waals surface area contributed by atoms with Gasteiger partial charge in [0.1, 0.15) is 13.7 Å². The highest BCUT2D eigenvalue weighted by molar-refractivity contribution is 6.36. The van der Waals surface area contributed by atoms with Crippen molar-refractivity contribution in [2.24, 2.45) is 0 Å². The second kappa shape index (κ2) is 7.92. The molecular formula is C18H22B2ClN5O. The van der Waals surface area contributed by atoms with E-state index in [1.807, 2.05) is 48.9 Å². The summed E-state index contributed by atoms with van der Waals surface area (Å²) in [5.74, 6) is 0.937. The maximum absolute atomic E-state index is 6.42. The first-order chi connectivity index (χ1) is 13.2. The highest BCUT2D eigenvalue weighted by atomic mass is 35.5. The summed E-state index contributed by atoms with van der Waals surface area (Å²) in [6, 6.07) is 10.2. The molecule has 3 heterocycles. The second-order valence-corrected chi connectivity index (χ2v) is 7.45. The van der Waals surface area contributed by atoms with Crippen LogP contribution in [-0.2, 0) is 4.65 Å². The van der Waals surface area contributed by atoms with Crippen molar-refractivity contribution in [3.05, 3.63) is 41.6 Å². The standard InChI is InChI=1S/C18H22B2ClN5O/c1-27-20-25-8-4-5-12(11-25)23-17-9-16(13-6-2-3-7-15(13)21)24-18-14(19)10-22-26(17)18/h2-3,6-7,9-10,12,20,23H,4-5,8,11,19H2,1H3. The van der Waals surface area contributed by atoms with Crippen molar-refractivity contribution in [1.29, 1.82) is 0 Å². The van der Waals surface area contributed by atoms with E-state index in [0.29, 0.717) is 18.7 Å². The monoisotopic (exact) mass is 381 g/mol. The second-order valence-electron chi connectivity index (χ2n) is 7.05. The molecule has 0 saturated carbocycles. The molecule has 0 aliphatic carbocycles. The van der Waals surface area contributed by atoms with Crippen LogP contribution in [0.3, 0.4) is 0 Å². The molecule has 6 nitrogen and oxygen atoms in total. The molecule has 1 atom stereocenters. The lowest BCUT2D eigenvalue weighted by Crippen LogP contribution is -2.44. The largest absolute Gasteiger partial charge is 0.427 e. The zero-order valence-corrected chi connectivity index (χ0v) is 16.4. The van der Waals surface area contributed by atoms with Crippen LogP contribution in [-0.4, -0.2) is 61.1 Å². The molecule has 0 radical (unpaired) electrons. The molecule has 27 heavy (non-hydrogen) atoms. The predicted molar refractivity (Wildman–Crippen MR) is 114 cm³/mol. The number of fused-ring (bicyclic) bond motifs is 1. The van der Waals surface area contributed by atoms with Crippen molar-refractivity contribution in [2.75, 3.05) is 25.5 Å². The highest BCUT2D eigenvalue weighted by Gasteiger charge is 2.22. The van der Waals surface area contributed by atoms with E-state index in [2.05, 4.69) is 15.2 Å². The number of rotatable bonds is 5. The fourth-order valence-corrected chi connectivity index (χ4v) is 3.90. The minimum Gasteiger partial charge on any atom is -0.427 e. The molecule has 4 rings (SSSR count). The third-order valence-electron chi connectivity index (χ3n) is 4.97. The van der Waals surface area contributed by atoms with Crippen LogP contribution < -0.4 is 10.8 Å². The molecule has 1 aliphatic heterocycles. The highest BCUT2D eigenvalue weighted by Crippen LogP contribution is 2.28. The molecule has 1 saturated heterocycles. The van der Waals surface area contributed by atoms with E-state index in [4.69, 9.17) is 21.2 Å². The van der Waals surface area contributed by atoms with Gasteiger partial charge in [-0.25, -0.2) is 4.98 Å². The Hall–Kier alpha value is -2.02. The maximum Gasteiger partial charge on any atom is 0.363 e. The van der Waals surface area contributed by atoms with Crippen LogP contribution in [0.2, 0.25) is 5.02 Å². The van der Waals surface area contributed by atoms with E-state index in [1.54, 1.807) is 7.11 Å². The van der Waals surface area contributed by atoms with Crippen LogP contribution in [0.5, 0.6) is 0 Å². The van der Waals surface area contributed by atoms with Crippen LogP contribution in [0, 0.1) is 0 Å². The van der Waals surface area contributed by atoms with Gasteiger partial charge in [-0.15, -0.1) is 0 Å². The van der Waals surface area contributed by atoms with Gasteiger partial charge in [-0.2, -0.15) is 9.61 Å². The van der Waals surface area contributed by atoms with E-state index < -0.39 is 0 Å². The lowest BCUT2D eigenvalue weighted by molar-refractivity contribution is 0.285. The van der Waals surface area contributed by atoms with Gasteiger partial charge in [-0.05, 0) is 30.9 Å². The van der Waals surface area contributed by atoms with Crippen molar-refractivity contribution in [2.45, 2.75) is 18.9 Å². The van der Waals surface area contributed by atoms with E-state index >= 15 is 0 Å². The minimum absolute atomic E-state index is 0.336. The summed E-state index contributed by atoms with van der Waals surface area (Å²) in [7, 11) is 4.43. The van der Waals surface area contributed by atoms with Crippen LogP contribution in [0.1, 0.15) is 12.8 Å². The quantitative estimate of drug-likeness (QED) is 0.671. The Kier molecular flexibility index (Phi) is 5.38. The number of anilines is 1. The van der Waals surface area contributed by atoms with E-state index in [0.717, 1.165) is 54.1 Å². The smallest absolute Gasteiger partial charge is 0.363 e. The molecule has 1 aromatic carbocycles. The van der Waals surface area contributed by atoms with Crippen molar-refractivity contribution >= 4 is 44.0 Å². The molecule has 3 aromatic rings. The first-order valence-corrected chi connectivity index (χ1v) is 9.61. The number of halogens is 1. The SMILES string of the molecule is Bc1cnn2c(NC3CCCN(BOC)C3)cc(-c3ccccc3Cl)nc12. The number of hydrogen-bond donors (Lipinski definition) is 1. The van der Waals surface area contributed by atoms with Gasteiger partial charge < -0.3 is 14.8 Å². The number of benzene rings is 1. The van der Waals surface area contributed by atoms with Gasteiger partial charge >= 0.3 is 7.62 Å². The van der Waals surface area contributed by atoms with Gasteiger partial charge in [0.2, 0.25) is 0 Å². The zero-order valence-electron chi connectivity index (χ0n) is 15.7. The molecule has 1 unspecified atom stereocenters. The Labute approximate surface area is 165 Å². The minimum atomic E-state index is 0.336. The Morgan fingerprint density at radius 1 is 1.37 bits per heavy atom. The fraction of sp³-hybridized carbons (Fsp3) is 0.333. The molecule has 0 amide bonds.